The van der Waals surface area contributed by atoms with E-state index >= 15 is 0 Å². The predicted molar refractivity (Wildman–Crippen MR) is 102 cm³/mol. The molecule has 0 radical (unpaired) electrons. The number of amidine groups is 1. The van der Waals surface area contributed by atoms with Crippen LogP contribution in [0.3, 0.4) is 0 Å². The van der Waals surface area contributed by atoms with Gasteiger partial charge in [-0.1, -0.05) is 41.9 Å². The zero-order valence-corrected chi connectivity index (χ0v) is 14.9. The molecular formula is C20H22ClN3O. The number of hydrogen-bond donors (Lipinski definition) is 0. The Bertz CT molecular complexity index is 726. The molecule has 2 aliphatic rings. The van der Waals surface area contributed by atoms with Gasteiger partial charge < -0.3 is 9.64 Å². The Kier molecular flexibility index (Phi) is 5.02. The van der Waals surface area contributed by atoms with Gasteiger partial charge in [0, 0.05) is 29.4 Å². The number of halogens is 1. The fourth-order valence-corrected chi connectivity index (χ4v) is 3.54. The van der Waals surface area contributed by atoms with Gasteiger partial charge in [-0.2, -0.15) is 0 Å². The first-order valence-electron chi connectivity index (χ1n) is 8.76. The summed E-state index contributed by atoms with van der Waals surface area (Å²) in [5.41, 5.74) is 2.23. The molecule has 0 aromatic heterocycles. The SMILES string of the molecule is Clc1ccc(N2CN(C[C@H]3CCCO3)CN=C2c2ccccc2)cc1. The average molecular weight is 356 g/mol. The van der Waals surface area contributed by atoms with Crippen molar-refractivity contribution in [2.24, 2.45) is 4.99 Å². The molecule has 5 heteroatoms. The minimum Gasteiger partial charge on any atom is -0.377 e. The van der Waals surface area contributed by atoms with Crippen molar-refractivity contribution in [3.8, 4) is 0 Å². The van der Waals surface area contributed by atoms with E-state index in [1.807, 2.05) is 18.2 Å². The second-order valence-corrected chi connectivity index (χ2v) is 6.96. The fourth-order valence-electron chi connectivity index (χ4n) is 3.42. The summed E-state index contributed by atoms with van der Waals surface area (Å²) in [5, 5.41) is 0.746. The molecule has 4 nitrogen and oxygen atoms in total. The minimum atomic E-state index is 0.334. The van der Waals surface area contributed by atoms with E-state index in [-0.39, 0.29) is 0 Å². The smallest absolute Gasteiger partial charge is 0.137 e. The van der Waals surface area contributed by atoms with Crippen molar-refractivity contribution in [1.29, 1.82) is 0 Å². The Labute approximate surface area is 153 Å². The number of aliphatic imine (C=N–C) groups is 1. The summed E-state index contributed by atoms with van der Waals surface area (Å²) >= 11 is 6.07. The van der Waals surface area contributed by atoms with E-state index in [0.717, 1.165) is 54.8 Å². The van der Waals surface area contributed by atoms with Crippen LogP contribution in [-0.4, -0.2) is 43.3 Å². The number of ether oxygens (including phenoxy) is 1. The molecule has 2 heterocycles. The molecule has 2 aromatic carbocycles. The monoisotopic (exact) mass is 355 g/mol. The van der Waals surface area contributed by atoms with Crippen molar-refractivity contribution < 1.29 is 4.74 Å². The Hall–Kier alpha value is -1.88. The Morgan fingerprint density at radius 2 is 1.88 bits per heavy atom. The molecular weight excluding hydrogens is 334 g/mol. The lowest BCUT2D eigenvalue weighted by atomic mass is 10.1. The maximum Gasteiger partial charge on any atom is 0.137 e. The van der Waals surface area contributed by atoms with Crippen LogP contribution in [0.25, 0.3) is 0 Å². The zero-order valence-electron chi connectivity index (χ0n) is 14.1. The quantitative estimate of drug-likeness (QED) is 0.829. The summed E-state index contributed by atoms with van der Waals surface area (Å²) in [6, 6.07) is 18.3. The summed E-state index contributed by atoms with van der Waals surface area (Å²) in [6.45, 7) is 3.32. The first-order valence-corrected chi connectivity index (χ1v) is 9.14. The van der Waals surface area contributed by atoms with Crippen molar-refractivity contribution in [1.82, 2.24) is 4.90 Å². The van der Waals surface area contributed by atoms with E-state index in [0.29, 0.717) is 12.8 Å². The molecule has 0 unspecified atom stereocenters. The van der Waals surface area contributed by atoms with Gasteiger partial charge in [-0.3, -0.25) is 9.89 Å². The largest absolute Gasteiger partial charge is 0.377 e. The van der Waals surface area contributed by atoms with Gasteiger partial charge in [0.05, 0.1) is 19.4 Å². The third-order valence-electron chi connectivity index (χ3n) is 4.67. The van der Waals surface area contributed by atoms with Crippen LogP contribution in [0.4, 0.5) is 5.69 Å². The molecule has 1 atom stereocenters. The Morgan fingerprint density at radius 3 is 2.60 bits per heavy atom. The van der Waals surface area contributed by atoms with E-state index in [1.54, 1.807) is 0 Å². The summed E-state index contributed by atoms with van der Waals surface area (Å²) in [4.78, 5) is 9.48. The summed E-state index contributed by atoms with van der Waals surface area (Å²) in [5.74, 6) is 1.01. The van der Waals surface area contributed by atoms with Crippen LogP contribution in [0.5, 0.6) is 0 Å². The zero-order chi connectivity index (χ0) is 17.1. The normalized spacial score (nSPS) is 21.4. The molecule has 2 aliphatic heterocycles. The summed E-state index contributed by atoms with van der Waals surface area (Å²) in [6.07, 6.45) is 2.64. The molecule has 2 aromatic rings. The number of hydrogen-bond acceptors (Lipinski definition) is 4. The van der Waals surface area contributed by atoms with E-state index in [9.17, 15) is 0 Å². The van der Waals surface area contributed by atoms with Gasteiger partial charge in [0.2, 0.25) is 0 Å². The highest BCUT2D eigenvalue weighted by atomic mass is 35.5. The van der Waals surface area contributed by atoms with Crippen molar-refractivity contribution in [2.45, 2.75) is 18.9 Å². The van der Waals surface area contributed by atoms with E-state index in [1.165, 1.54) is 0 Å². The molecule has 1 fully saturated rings. The molecule has 0 N–H and O–H groups in total. The van der Waals surface area contributed by atoms with Gasteiger partial charge in [0.25, 0.3) is 0 Å². The summed E-state index contributed by atoms with van der Waals surface area (Å²) in [7, 11) is 0. The highest BCUT2D eigenvalue weighted by Gasteiger charge is 2.26. The number of rotatable bonds is 4. The van der Waals surface area contributed by atoms with Crippen LogP contribution in [-0.2, 0) is 4.74 Å². The van der Waals surface area contributed by atoms with Crippen molar-refractivity contribution in [3.63, 3.8) is 0 Å². The lowest BCUT2D eigenvalue weighted by Gasteiger charge is -2.37. The van der Waals surface area contributed by atoms with Crippen molar-refractivity contribution in [3.05, 3.63) is 65.2 Å². The fraction of sp³-hybridized carbons (Fsp3) is 0.350. The van der Waals surface area contributed by atoms with Gasteiger partial charge in [-0.25, -0.2) is 0 Å². The van der Waals surface area contributed by atoms with Gasteiger partial charge in [0.1, 0.15) is 5.84 Å². The molecule has 1 saturated heterocycles. The van der Waals surface area contributed by atoms with E-state index in [2.05, 4.69) is 46.2 Å². The van der Waals surface area contributed by atoms with Gasteiger partial charge in [-0.05, 0) is 37.1 Å². The van der Waals surface area contributed by atoms with E-state index in [4.69, 9.17) is 21.3 Å². The van der Waals surface area contributed by atoms with Gasteiger partial charge in [-0.15, -0.1) is 0 Å². The van der Waals surface area contributed by atoms with Gasteiger partial charge in [0.15, 0.2) is 0 Å². The third-order valence-corrected chi connectivity index (χ3v) is 4.93. The molecule has 4 rings (SSSR count). The lowest BCUT2D eigenvalue weighted by Crippen LogP contribution is -2.48. The molecule has 0 spiro atoms. The molecule has 0 saturated carbocycles. The minimum absolute atomic E-state index is 0.334. The Morgan fingerprint density at radius 1 is 1.08 bits per heavy atom. The number of anilines is 1. The first-order chi connectivity index (χ1) is 12.3. The molecule has 0 bridgehead atoms. The van der Waals surface area contributed by atoms with Crippen LogP contribution in [0.1, 0.15) is 18.4 Å². The third kappa shape index (κ3) is 3.87. The molecule has 25 heavy (non-hydrogen) atoms. The van der Waals surface area contributed by atoms with Crippen LogP contribution in [0, 0.1) is 0 Å². The van der Waals surface area contributed by atoms with Gasteiger partial charge >= 0.3 is 0 Å². The molecule has 0 aliphatic carbocycles. The molecule has 130 valence electrons. The van der Waals surface area contributed by atoms with Crippen LogP contribution >= 0.6 is 11.6 Å². The highest BCUT2D eigenvalue weighted by molar-refractivity contribution is 6.30. The Balaban J connectivity index is 1.61. The lowest BCUT2D eigenvalue weighted by molar-refractivity contribution is 0.0739. The predicted octanol–water partition coefficient (Wildman–Crippen LogP) is 4.00. The maximum atomic E-state index is 6.07. The van der Waals surface area contributed by atoms with Crippen LogP contribution in [0.2, 0.25) is 5.02 Å². The standard InChI is InChI=1S/C20H22ClN3O/c21-17-8-10-18(11-9-17)24-15-23(13-19-7-4-12-25-19)14-22-20(24)16-5-2-1-3-6-16/h1-3,5-6,8-11,19H,4,7,12-15H2/t19-/m1/s1. The van der Waals surface area contributed by atoms with Crippen LogP contribution < -0.4 is 4.90 Å². The first kappa shape index (κ1) is 16.6. The summed E-state index contributed by atoms with van der Waals surface area (Å²) < 4.78 is 5.80. The highest BCUT2D eigenvalue weighted by Crippen LogP contribution is 2.24. The van der Waals surface area contributed by atoms with Crippen molar-refractivity contribution >= 4 is 23.1 Å². The van der Waals surface area contributed by atoms with E-state index < -0.39 is 0 Å². The average Bonchev–Trinajstić information content (AvgIpc) is 3.16. The van der Waals surface area contributed by atoms with Crippen molar-refractivity contribution in [2.75, 3.05) is 31.4 Å². The maximum absolute atomic E-state index is 6.07. The topological polar surface area (TPSA) is 28.1 Å². The number of benzene rings is 2. The van der Waals surface area contributed by atoms with Crippen LogP contribution in [0.15, 0.2) is 59.6 Å². The molecule has 0 amide bonds. The number of nitrogens with zero attached hydrogens (tertiary/aromatic N) is 3. The second-order valence-electron chi connectivity index (χ2n) is 6.52. The second kappa shape index (κ2) is 7.56.